The number of β-lactam (4-membered cyclic amide) rings is 1. The zero-order valence-corrected chi connectivity index (χ0v) is 14.4. The maximum atomic E-state index is 12.4. The zero-order valence-electron chi connectivity index (χ0n) is 13.6. The number of carboxylic acid groups (broad SMARTS) is 1. The molecule has 0 radical (unpaired) electrons. The molecule has 8 nitrogen and oxygen atoms in total. The minimum absolute atomic E-state index is 0.0317. The van der Waals surface area contributed by atoms with Crippen LogP contribution >= 0.6 is 11.8 Å². The molecule has 0 aliphatic carbocycles. The average Bonchev–Trinajstić information content (AvgIpc) is 2.92. The Morgan fingerprint density at radius 1 is 1.46 bits per heavy atom. The highest BCUT2D eigenvalue weighted by Gasteiger charge is 2.53. The topological polar surface area (TPSA) is 105 Å². The maximum Gasteiger partial charge on any atom is 0.352 e. The molecule has 2 N–H and O–H groups in total. The number of carbonyl (C=O) groups excluding carboxylic acids is 2. The molecule has 1 aromatic rings. The molecule has 0 spiro atoms. The van der Waals surface area contributed by atoms with Gasteiger partial charge in [-0.25, -0.2) is 4.79 Å². The number of amides is 2. The zero-order chi connectivity index (χ0) is 17.6. The SMILES string of the molecule is CCn1ncc(C(=O)N[C@H]2C(=O)N3C(C(=O)O)=C(C)CS[C@@H]23)c1C. The Morgan fingerprint density at radius 3 is 2.75 bits per heavy atom. The van der Waals surface area contributed by atoms with Gasteiger partial charge in [0.15, 0.2) is 0 Å². The molecule has 24 heavy (non-hydrogen) atoms. The Morgan fingerprint density at radius 2 is 2.17 bits per heavy atom. The Bertz CT molecular complexity index is 770. The molecule has 0 unspecified atom stereocenters. The fraction of sp³-hybridized carbons (Fsp3) is 0.467. The molecule has 2 atom stereocenters. The van der Waals surface area contributed by atoms with Crippen LogP contribution in [0.5, 0.6) is 0 Å². The van der Waals surface area contributed by atoms with Gasteiger partial charge in [0, 0.05) is 18.0 Å². The predicted octanol–water partition coefficient (Wildman–Crippen LogP) is 0.584. The van der Waals surface area contributed by atoms with Crippen LogP contribution in [0.1, 0.15) is 29.9 Å². The Labute approximate surface area is 142 Å². The molecule has 1 saturated heterocycles. The van der Waals surface area contributed by atoms with Crippen molar-refractivity contribution in [3.05, 3.63) is 28.7 Å². The lowest BCUT2D eigenvalue weighted by Crippen LogP contribution is -2.70. The molecule has 0 aromatic carbocycles. The summed E-state index contributed by atoms with van der Waals surface area (Å²) in [5.74, 6) is -1.35. The van der Waals surface area contributed by atoms with Crippen molar-refractivity contribution in [3.8, 4) is 0 Å². The number of hydrogen-bond acceptors (Lipinski definition) is 5. The third kappa shape index (κ3) is 2.39. The average molecular weight is 350 g/mol. The van der Waals surface area contributed by atoms with Crippen LogP contribution in [0.2, 0.25) is 0 Å². The summed E-state index contributed by atoms with van der Waals surface area (Å²) >= 11 is 1.45. The van der Waals surface area contributed by atoms with Crippen molar-refractivity contribution in [2.75, 3.05) is 5.75 Å². The van der Waals surface area contributed by atoms with E-state index < -0.39 is 17.9 Å². The number of nitrogens with zero attached hydrogens (tertiary/aromatic N) is 3. The summed E-state index contributed by atoms with van der Waals surface area (Å²) in [7, 11) is 0. The number of aromatic nitrogens is 2. The van der Waals surface area contributed by atoms with E-state index in [1.165, 1.54) is 22.9 Å². The van der Waals surface area contributed by atoms with Gasteiger partial charge in [0.25, 0.3) is 11.8 Å². The fourth-order valence-electron chi connectivity index (χ4n) is 2.98. The Kier molecular flexibility index (Phi) is 4.12. The van der Waals surface area contributed by atoms with Crippen molar-refractivity contribution in [1.29, 1.82) is 0 Å². The molecule has 0 bridgehead atoms. The van der Waals surface area contributed by atoms with Gasteiger partial charge < -0.3 is 10.4 Å². The number of aliphatic carboxylic acids is 1. The third-order valence-electron chi connectivity index (χ3n) is 4.30. The lowest BCUT2D eigenvalue weighted by Gasteiger charge is -2.49. The monoisotopic (exact) mass is 350 g/mol. The van der Waals surface area contributed by atoms with E-state index in [-0.39, 0.29) is 17.0 Å². The van der Waals surface area contributed by atoms with Crippen molar-refractivity contribution in [2.45, 2.75) is 38.7 Å². The highest BCUT2D eigenvalue weighted by molar-refractivity contribution is 8.00. The first-order valence-electron chi connectivity index (χ1n) is 7.57. The molecule has 1 fully saturated rings. The fourth-order valence-corrected chi connectivity index (χ4v) is 4.28. The molecular weight excluding hydrogens is 332 g/mol. The number of rotatable bonds is 4. The van der Waals surface area contributed by atoms with Crippen molar-refractivity contribution < 1.29 is 19.5 Å². The first kappa shape index (κ1) is 16.6. The summed E-state index contributed by atoms with van der Waals surface area (Å²) in [6, 6.07) is -0.714. The van der Waals surface area contributed by atoms with Gasteiger partial charge in [-0.15, -0.1) is 11.8 Å². The lowest BCUT2D eigenvalue weighted by molar-refractivity contribution is -0.148. The van der Waals surface area contributed by atoms with Crippen LogP contribution in [0.15, 0.2) is 17.5 Å². The molecule has 3 rings (SSSR count). The minimum atomic E-state index is -1.11. The summed E-state index contributed by atoms with van der Waals surface area (Å²) < 4.78 is 1.70. The van der Waals surface area contributed by atoms with Crippen LogP contribution < -0.4 is 5.32 Å². The summed E-state index contributed by atoms with van der Waals surface area (Å²) in [6.07, 6.45) is 1.48. The largest absolute Gasteiger partial charge is 0.477 e. The Hall–Kier alpha value is -2.29. The van der Waals surface area contributed by atoms with E-state index in [0.717, 1.165) is 5.69 Å². The van der Waals surface area contributed by atoms with Crippen LogP contribution in [0.25, 0.3) is 0 Å². The van der Waals surface area contributed by atoms with Gasteiger partial charge in [0.1, 0.15) is 17.1 Å². The van der Waals surface area contributed by atoms with Crippen molar-refractivity contribution in [3.63, 3.8) is 0 Å². The summed E-state index contributed by atoms with van der Waals surface area (Å²) in [6.45, 7) is 6.08. The van der Waals surface area contributed by atoms with Gasteiger partial charge in [-0.05, 0) is 26.3 Å². The molecule has 128 valence electrons. The molecule has 2 aliphatic heterocycles. The molecule has 3 heterocycles. The van der Waals surface area contributed by atoms with E-state index in [0.29, 0.717) is 23.4 Å². The minimum Gasteiger partial charge on any atom is -0.477 e. The van der Waals surface area contributed by atoms with Gasteiger partial charge >= 0.3 is 5.97 Å². The highest BCUT2D eigenvalue weighted by atomic mass is 32.2. The van der Waals surface area contributed by atoms with Crippen molar-refractivity contribution >= 4 is 29.5 Å². The first-order valence-corrected chi connectivity index (χ1v) is 8.62. The predicted molar refractivity (Wildman–Crippen MR) is 87.3 cm³/mol. The number of hydrogen-bond donors (Lipinski definition) is 2. The molecular formula is C15H18N4O4S. The second-order valence-electron chi connectivity index (χ2n) is 5.75. The smallest absolute Gasteiger partial charge is 0.352 e. The quantitative estimate of drug-likeness (QED) is 0.770. The van der Waals surface area contributed by atoms with Crippen LogP contribution in [0.3, 0.4) is 0 Å². The van der Waals surface area contributed by atoms with Crippen molar-refractivity contribution in [1.82, 2.24) is 20.0 Å². The first-order chi connectivity index (χ1) is 11.4. The van der Waals surface area contributed by atoms with Gasteiger partial charge in [-0.3, -0.25) is 19.2 Å². The standard InChI is InChI=1S/C15H18N4O4S/c1-4-18-8(3)9(5-16-18)12(20)17-10-13(21)19-11(15(22)23)7(2)6-24-14(10)19/h5,10,14H,4,6H2,1-3H3,(H,17,20)(H,22,23)/t10-,14-/m0/s1. The number of carboxylic acids is 1. The maximum absolute atomic E-state index is 12.4. The summed E-state index contributed by atoms with van der Waals surface area (Å²) in [4.78, 5) is 37.4. The van der Waals surface area contributed by atoms with E-state index in [2.05, 4.69) is 10.4 Å². The summed E-state index contributed by atoms with van der Waals surface area (Å²) in [5.41, 5.74) is 1.84. The molecule has 2 amide bonds. The van der Waals surface area contributed by atoms with E-state index in [9.17, 15) is 19.5 Å². The number of nitrogens with one attached hydrogen (secondary N) is 1. The second-order valence-corrected chi connectivity index (χ2v) is 6.86. The van der Waals surface area contributed by atoms with Gasteiger partial charge in [0.2, 0.25) is 0 Å². The summed E-state index contributed by atoms with van der Waals surface area (Å²) in [5, 5.41) is 15.8. The normalized spacial score (nSPS) is 23.0. The van der Waals surface area contributed by atoms with E-state index >= 15 is 0 Å². The van der Waals surface area contributed by atoms with Gasteiger partial charge in [-0.1, -0.05) is 0 Å². The van der Waals surface area contributed by atoms with E-state index in [1.54, 1.807) is 18.5 Å². The number of thioether (sulfide) groups is 1. The van der Waals surface area contributed by atoms with Crippen molar-refractivity contribution in [2.24, 2.45) is 0 Å². The lowest BCUT2D eigenvalue weighted by atomic mass is 10.0. The van der Waals surface area contributed by atoms with Gasteiger partial charge in [-0.2, -0.15) is 5.10 Å². The third-order valence-corrected chi connectivity index (χ3v) is 5.72. The van der Waals surface area contributed by atoms with Gasteiger partial charge in [0.05, 0.1) is 11.8 Å². The molecule has 1 aromatic heterocycles. The number of aryl methyl sites for hydroxylation is 1. The molecule has 0 saturated carbocycles. The van der Waals surface area contributed by atoms with Crippen LogP contribution in [0.4, 0.5) is 0 Å². The molecule has 2 aliphatic rings. The van der Waals surface area contributed by atoms with E-state index in [1.807, 2.05) is 6.92 Å². The van der Waals surface area contributed by atoms with Crippen LogP contribution in [-0.4, -0.2) is 54.7 Å². The number of carbonyl (C=O) groups is 3. The molecule has 9 heteroatoms. The van der Waals surface area contributed by atoms with Crippen LogP contribution in [0, 0.1) is 6.92 Å². The van der Waals surface area contributed by atoms with E-state index in [4.69, 9.17) is 0 Å². The van der Waals surface area contributed by atoms with Crippen LogP contribution in [-0.2, 0) is 16.1 Å². The number of fused-ring (bicyclic) bond motifs is 1. The highest BCUT2D eigenvalue weighted by Crippen LogP contribution is 2.40. The Balaban J connectivity index is 1.77. The second kappa shape index (κ2) is 5.97.